The Kier molecular flexibility index (Phi) is 4.78. The number of fused-ring (bicyclic) bond motifs is 1. The van der Waals surface area contributed by atoms with Gasteiger partial charge in [-0.15, -0.1) is 0 Å². The van der Waals surface area contributed by atoms with Gasteiger partial charge in [0.05, 0.1) is 5.56 Å². The van der Waals surface area contributed by atoms with E-state index in [9.17, 15) is 4.79 Å². The van der Waals surface area contributed by atoms with Gasteiger partial charge in [-0.1, -0.05) is 68.9 Å². The van der Waals surface area contributed by atoms with Crippen molar-refractivity contribution in [3.8, 4) is 0 Å². The minimum absolute atomic E-state index is 0.241. The molecule has 0 heterocycles. The predicted molar refractivity (Wildman–Crippen MR) is 104 cm³/mol. The van der Waals surface area contributed by atoms with Gasteiger partial charge in [-0.25, -0.2) is 0 Å². The zero-order valence-electron chi connectivity index (χ0n) is 15.1. The average molecular weight is 335 g/mol. The van der Waals surface area contributed by atoms with Crippen molar-refractivity contribution in [2.24, 2.45) is 5.73 Å². The molecule has 0 radical (unpaired) electrons. The van der Waals surface area contributed by atoms with E-state index in [1.165, 1.54) is 80.7 Å². The highest BCUT2D eigenvalue weighted by atomic mass is 16.1. The third-order valence-corrected chi connectivity index (χ3v) is 6.43. The fourth-order valence-corrected chi connectivity index (χ4v) is 5.23. The van der Waals surface area contributed by atoms with Gasteiger partial charge in [-0.05, 0) is 59.4 Å². The van der Waals surface area contributed by atoms with Crippen LogP contribution in [0.5, 0.6) is 0 Å². The van der Waals surface area contributed by atoms with Gasteiger partial charge in [-0.3, -0.25) is 4.79 Å². The lowest BCUT2D eigenvalue weighted by Gasteiger charge is -2.31. The van der Waals surface area contributed by atoms with Crippen molar-refractivity contribution in [1.82, 2.24) is 0 Å². The van der Waals surface area contributed by atoms with E-state index in [1.807, 2.05) is 6.07 Å². The van der Waals surface area contributed by atoms with Gasteiger partial charge in [0.15, 0.2) is 0 Å². The largest absolute Gasteiger partial charge is 0.366 e. The summed E-state index contributed by atoms with van der Waals surface area (Å²) in [6.45, 7) is 0. The molecule has 0 saturated heterocycles. The minimum Gasteiger partial charge on any atom is -0.366 e. The Labute approximate surface area is 150 Å². The second-order valence-electron chi connectivity index (χ2n) is 8.01. The first-order chi connectivity index (χ1) is 12.3. The SMILES string of the molecule is NC(=O)c1c(C2CCCCC2)c(C2CCCCC2)cc2ccccc12. The topological polar surface area (TPSA) is 43.1 Å². The first kappa shape index (κ1) is 16.6. The standard InChI is InChI=1S/C23H29NO/c24-23(25)22-19-14-8-7-13-18(19)15-20(16-9-3-1-4-10-16)21(22)17-11-5-2-6-12-17/h7-8,13-17H,1-6,9-12H2,(H2,24,25). The summed E-state index contributed by atoms with van der Waals surface area (Å²) in [5.41, 5.74) is 9.53. The van der Waals surface area contributed by atoms with Crippen LogP contribution in [-0.2, 0) is 0 Å². The Morgan fingerprint density at radius 3 is 2.08 bits per heavy atom. The quantitative estimate of drug-likeness (QED) is 0.730. The number of hydrogen-bond donors (Lipinski definition) is 1. The number of carbonyl (C=O) groups is 1. The molecule has 25 heavy (non-hydrogen) atoms. The maximum absolute atomic E-state index is 12.5. The van der Waals surface area contributed by atoms with Gasteiger partial charge in [-0.2, -0.15) is 0 Å². The van der Waals surface area contributed by atoms with E-state index in [0.717, 1.165) is 10.9 Å². The van der Waals surface area contributed by atoms with Crippen LogP contribution in [0.25, 0.3) is 10.8 Å². The zero-order valence-corrected chi connectivity index (χ0v) is 15.1. The van der Waals surface area contributed by atoms with Crippen molar-refractivity contribution >= 4 is 16.7 Å². The third kappa shape index (κ3) is 3.19. The number of benzene rings is 2. The molecule has 2 aliphatic carbocycles. The number of amides is 1. The molecule has 2 N–H and O–H groups in total. The highest BCUT2D eigenvalue weighted by Crippen LogP contribution is 2.44. The normalized spacial score (nSPS) is 20.0. The number of primary amides is 1. The van der Waals surface area contributed by atoms with Gasteiger partial charge in [0.25, 0.3) is 0 Å². The molecule has 2 fully saturated rings. The van der Waals surface area contributed by atoms with E-state index < -0.39 is 0 Å². The van der Waals surface area contributed by atoms with Crippen molar-refractivity contribution in [3.05, 3.63) is 47.0 Å². The third-order valence-electron chi connectivity index (χ3n) is 6.43. The van der Waals surface area contributed by atoms with E-state index in [-0.39, 0.29) is 5.91 Å². The molecule has 0 bridgehead atoms. The van der Waals surface area contributed by atoms with Crippen LogP contribution >= 0.6 is 0 Å². The fourth-order valence-electron chi connectivity index (χ4n) is 5.23. The molecule has 0 aliphatic heterocycles. The van der Waals surface area contributed by atoms with Crippen LogP contribution in [0.3, 0.4) is 0 Å². The summed E-state index contributed by atoms with van der Waals surface area (Å²) in [5, 5.41) is 2.23. The molecule has 0 atom stereocenters. The fraction of sp³-hybridized carbons (Fsp3) is 0.522. The summed E-state index contributed by atoms with van der Waals surface area (Å²) >= 11 is 0. The van der Waals surface area contributed by atoms with Gasteiger partial charge in [0.1, 0.15) is 0 Å². The Morgan fingerprint density at radius 2 is 1.44 bits per heavy atom. The molecule has 2 heteroatoms. The van der Waals surface area contributed by atoms with E-state index in [0.29, 0.717) is 11.8 Å². The molecule has 0 spiro atoms. The molecule has 2 aromatic carbocycles. The first-order valence-corrected chi connectivity index (χ1v) is 10.1. The van der Waals surface area contributed by atoms with Crippen molar-refractivity contribution in [1.29, 1.82) is 0 Å². The average Bonchev–Trinajstić information content (AvgIpc) is 2.67. The highest BCUT2D eigenvalue weighted by molar-refractivity contribution is 6.08. The van der Waals surface area contributed by atoms with E-state index in [2.05, 4.69) is 24.3 Å². The molecule has 2 aromatic rings. The second kappa shape index (κ2) is 7.19. The smallest absolute Gasteiger partial charge is 0.249 e. The summed E-state index contributed by atoms with van der Waals surface area (Å²) in [6.07, 6.45) is 12.8. The van der Waals surface area contributed by atoms with Gasteiger partial charge in [0.2, 0.25) is 5.91 Å². The predicted octanol–water partition coefficient (Wildman–Crippen LogP) is 6.03. The van der Waals surface area contributed by atoms with Crippen LogP contribution in [0, 0.1) is 0 Å². The number of carbonyl (C=O) groups excluding carboxylic acids is 1. The van der Waals surface area contributed by atoms with Crippen LogP contribution in [0.15, 0.2) is 30.3 Å². The van der Waals surface area contributed by atoms with E-state index >= 15 is 0 Å². The molecule has 132 valence electrons. The molecular formula is C23H29NO. The van der Waals surface area contributed by atoms with Crippen LogP contribution < -0.4 is 5.73 Å². The van der Waals surface area contributed by atoms with Gasteiger partial charge in [0, 0.05) is 0 Å². The number of rotatable bonds is 3. The summed E-state index contributed by atoms with van der Waals surface area (Å²) in [7, 11) is 0. The Morgan fingerprint density at radius 1 is 0.840 bits per heavy atom. The van der Waals surface area contributed by atoms with E-state index in [1.54, 1.807) is 0 Å². The van der Waals surface area contributed by atoms with E-state index in [4.69, 9.17) is 5.73 Å². The Balaban J connectivity index is 1.95. The molecule has 0 unspecified atom stereocenters. The molecule has 2 aliphatic rings. The molecule has 2 saturated carbocycles. The van der Waals surface area contributed by atoms with Crippen LogP contribution in [0.1, 0.15) is 97.5 Å². The maximum atomic E-state index is 12.5. The van der Waals surface area contributed by atoms with Gasteiger partial charge >= 0.3 is 0 Å². The van der Waals surface area contributed by atoms with Crippen molar-refractivity contribution < 1.29 is 4.79 Å². The Bertz CT molecular complexity index is 767. The lowest BCUT2D eigenvalue weighted by molar-refractivity contribution is 0.1000. The van der Waals surface area contributed by atoms with Crippen LogP contribution in [-0.4, -0.2) is 5.91 Å². The van der Waals surface area contributed by atoms with Crippen LogP contribution in [0.2, 0.25) is 0 Å². The molecule has 0 aromatic heterocycles. The lowest BCUT2D eigenvalue weighted by Crippen LogP contribution is -2.21. The lowest BCUT2D eigenvalue weighted by atomic mass is 9.73. The summed E-state index contributed by atoms with van der Waals surface area (Å²) < 4.78 is 0. The van der Waals surface area contributed by atoms with Crippen molar-refractivity contribution in [2.75, 3.05) is 0 Å². The molecule has 2 nitrogen and oxygen atoms in total. The summed E-state index contributed by atoms with van der Waals surface area (Å²) in [6, 6.07) is 10.7. The van der Waals surface area contributed by atoms with Crippen molar-refractivity contribution in [2.45, 2.75) is 76.0 Å². The summed E-state index contributed by atoms with van der Waals surface area (Å²) in [5.74, 6) is 0.876. The zero-order chi connectivity index (χ0) is 17.2. The second-order valence-corrected chi connectivity index (χ2v) is 8.01. The van der Waals surface area contributed by atoms with Crippen molar-refractivity contribution in [3.63, 3.8) is 0 Å². The number of nitrogens with two attached hydrogens (primary N) is 1. The molecule has 1 amide bonds. The highest BCUT2D eigenvalue weighted by Gasteiger charge is 2.29. The van der Waals surface area contributed by atoms with Gasteiger partial charge < -0.3 is 5.73 Å². The molecule has 4 rings (SSSR count). The first-order valence-electron chi connectivity index (χ1n) is 10.1. The molecular weight excluding hydrogens is 306 g/mol. The number of hydrogen-bond acceptors (Lipinski definition) is 1. The Hall–Kier alpha value is -1.83. The van der Waals surface area contributed by atoms with Crippen LogP contribution in [0.4, 0.5) is 0 Å². The monoisotopic (exact) mass is 335 g/mol. The summed E-state index contributed by atoms with van der Waals surface area (Å²) in [4.78, 5) is 12.5. The minimum atomic E-state index is -0.241. The maximum Gasteiger partial charge on any atom is 0.249 e.